The van der Waals surface area contributed by atoms with E-state index in [9.17, 15) is 8.42 Å². The predicted molar refractivity (Wildman–Crippen MR) is 80.7 cm³/mol. The van der Waals surface area contributed by atoms with Crippen LogP contribution < -0.4 is 4.74 Å². The van der Waals surface area contributed by atoms with Crippen LogP contribution in [-0.4, -0.2) is 44.1 Å². The fraction of sp³-hybridized carbons (Fsp3) is 0.600. The molecule has 1 aromatic rings. The lowest BCUT2D eigenvalue weighted by Gasteiger charge is -2.16. The monoisotopic (exact) mass is 313 g/mol. The van der Waals surface area contributed by atoms with Gasteiger partial charge in [0.25, 0.3) is 0 Å². The van der Waals surface area contributed by atoms with E-state index in [0.717, 1.165) is 0 Å². The molecule has 1 saturated heterocycles. The smallest absolute Gasteiger partial charge is 0.243 e. The normalized spacial score (nSPS) is 20.1. The second kappa shape index (κ2) is 6.77. The van der Waals surface area contributed by atoms with Gasteiger partial charge < -0.3 is 9.84 Å². The molecule has 0 bridgehead atoms. The molecule has 1 unspecified atom stereocenters. The Balaban J connectivity index is 2.07. The van der Waals surface area contributed by atoms with Crippen molar-refractivity contribution in [2.24, 2.45) is 11.8 Å². The summed E-state index contributed by atoms with van der Waals surface area (Å²) >= 11 is 0. The van der Waals surface area contributed by atoms with Crippen LogP contribution in [0.25, 0.3) is 0 Å². The summed E-state index contributed by atoms with van der Waals surface area (Å²) in [6.45, 7) is 5.63. The molecule has 1 fully saturated rings. The van der Waals surface area contributed by atoms with Gasteiger partial charge in [-0.05, 0) is 42.5 Å². The van der Waals surface area contributed by atoms with Crippen molar-refractivity contribution in [2.75, 3.05) is 26.3 Å². The van der Waals surface area contributed by atoms with Crippen LogP contribution in [0, 0.1) is 11.8 Å². The van der Waals surface area contributed by atoms with Gasteiger partial charge in [-0.15, -0.1) is 0 Å². The molecule has 0 aromatic heterocycles. The van der Waals surface area contributed by atoms with Gasteiger partial charge in [-0.1, -0.05) is 13.8 Å². The van der Waals surface area contributed by atoms with Crippen LogP contribution in [0.2, 0.25) is 0 Å². The molecule has 6 heteroatoms. The molecule has 0 spiro atoms. The molecule has 5 nitrogen and oxygen atoms in total. The standard InChI is InChI=1S/C15H23NO4S/c1-12(2)11-20-14-3-5-15(6-4-14)21(18,19)16-8-7-13(9-16)10-17/h3-6,12-13,17H,7-11H2,1-2H3. The molecular weight excluding hydrogens is 290 g/mol. The third kappa shape index (κ3) is 3.96. The van der Waals surface area contributed by atoms with Crippen molar-refractivity contribution in [1.82, 2.24) is 4.31 Å². The second-order valence-corrected chi connectivity index (χ2v) is 7.81. The maximum Gasteiger partial charge on any atom is 0.243 e. The number of aliphatic hydroxyl groups excluding tert-OH is 1. The van der Waals surface area contributed by atoms with Gasteiger partial charge in [0.1, 0.15) is 5.75 Å². The number of ether oxygens (including phenoxy) is 1. The maximum absolute atomic E-state index is 12.5. The van der Waals surface area contributed by atoms with Gasteiger partial charge in [0.15, 0.2) is 0 Å². The van der Waals surface area contributed by atoms with E-state index in [1.165, 1.54) is 4.31 Å². The molecule has 21 heavy (non-hydrogen) atoms. The minimum absolute atomic E-state index is 0.0357. The summed E-state index contributed by atoms with van der Waals surface area (Å²) in [7, 11) is -3.46. The Labute approximate surface area is 126 Å². The van der Waals surface area contributed by atoms with Gasteiger partial charge >= 0.3 is 0 Å². The molecule has 1 N–H and O–H groups in total. The fourth-order valence-electron chi connectivity index (χ4n) is 2.28. The van der Waals surface area contributed by atoms with Gasteiger partial charge in [-0.25, -0.2) is 8.42 Å². The van der Waals surface area contributed by atoms with E-state index in [1.54, 1.807) is 24.3 Å². The van der Waals surface area contributed by atoms with Crippen molar-refractivity contribution in [1.29, 1.82) is 0 Å². The molecule has 1 aliphatic heterocycles. The molecule has 1 aromatic carbocycles. The van der Waals surface area contributed by atoms with E-state index >= 15 is 0 Å². The van der Waals surface area contributed by atoms with E-state index in [1.807, 2.05) is 0 Å². The van der Waals surface area contributed by atoms with Gasteiger partial charge in [-0.3, -0.25) is 0 Å². The summed E-state index contributed by atoms with van der Waals surface area (Å²) in [6.07, 6.45) is 0.714. The van der Waals surface area contributed by atoms with Gasteiger partial charge in [-0.2, -0.15) is 4.31 Å². The second-order valence-electron chi connectivity index (χ2n) is 5.88. The van der Waals surface area contributed by atoms with E-state index in [4.69, 9.17) is 9.84 Å². The van der Waals surface area contributed by atoms with Crippen LogP contribution in [-0.2, 0) is 10.0 Å². The highest BCUT2D eigenvalue weighted by atomic mass is 32.2. The van der Waals surface area contributed by atoms with Crippen molar-refractivity contribution >= 4 is 10.0 Å². The molecular formula is C15H23NO4S. The lowest BCUT2D eigenvalue weighted by atomic mass is 10.1. The average molecular weight is 313 g/mol. The van der Waals surface area contributed by atoms with Crippen LogP contribution in [0.3, 0.4) is 0 Å². The Morgan fingerprint density at radius 1 is 1.33 bits per heavy atom. The summed E-state index contributed by atoms with van der Waals surface area (Å²) in [5, 5.41) is 9.12. The zero-order valence-electron chi connectivity index (χ0n) is 12.5. The predicted octanol–water partition coefficient (Wildman–Crippen LogP) is 1.72. The summed E-state index contributed by atoms with van der Waals surface area (Å²) in [4.78, 5) is 0.276. The Morgan fingerprint density at radius 3 is 2.52 bits per heavy atom. The number of aliphatic hydroxyl groups is 1. The number of hydrogen-bond donors (Lipinski definition) is 1. The van der Waals surface area contributed by atoms with Crippen molar-refractivity contribution in [3.05, 3.63) is 24.3 Å². The molecule has 0 aliphatic carbocycles. The summed E-state index contributed by atoms with van der Waals surface area (Å²) in [5.41, 5.74) is 0. The fourth-order valence-corrected chi connectivity index (χ4v) is 3.82. The van der Waals surface area contributed by atoms with Crippen LogP contribution in [0.5, 0.6) is 5.75 Å². The zero-order valence-corrected chi connectivity index (χ0v) is 13.3. The molecule has 0 amide bonds. The first-order valence-corrected chi connectivity index (χ1v) is 8.71. The Hall–Kier alpha value is -1.11. The van der Waals surface area contributed by atoms with Crippen LogP contribution >= 0.6 is 0 Å². The van der Waals surface area contributed by atoms with E-state index in [0.29, 0.717) is 37.8 Å². The number of sulfonamides is 1. The largest absolute Gasteiger partial charge is 0.493 e. The average Bonchev–Trinajstić information content (AvgIpc) is 2.95. The topological polar surface area (TPSA) is 66.8 Å². The molecule has 1 atom stereocenters. The number of hydrogen-bond acceptors (Lipinski definition) is 4. The maximum atomic E-state index is 12.5. The quantitative estimate of drug-likeness (QED) is 0.868. The summed E-state index contributed by atoms with van der Waals surface area (Å²) in [5.74, 6) is 1.15. The highest BCUT2D eigenvalue weighted by Crippen LogP contribution is 2.25. The molecule has 118 valence electrons. The van der Waals surface area contributed by atoms with Crippen LogP contribution in [0.1, 0.15) is 20.3 Å². The summed E-state index contributed by atoms with van der Waals surface area (Å²) in [6, 6.07) is 6.54. The van der Waals surface area contributed by atoms with Crippen molar-refractivity contribution in [3.8, 4) is 5.75 Å². The third-order valence-electron chi connectivity index (χ3n) is 3.55. The highest BCUT2D eigenvalue weighted by Gasteiger charge is 2.32. The molecule has 0 saturated carbocycles. The number of nitrogens with zero attached hydrogens (tertiary/aromatic N) is 1. The first-order valence-electron chi connectivity index (χ1n) is 7.27. The Kier molecular flexibility index (Phi) is 5.24. The Bertz CT molecular complexity index is 554. The molecule has 1 heterocycles. The first-order chi connectivity index (χ1) is 9.93. The third-order valence-corrected chi connectivity index (χ3v) is 5.43. The number of rotatable bonds is 6. The minimum Gasteiger partial charge on any atom is -0.493 e. The first kappa shape index (κ1) is 16.3. The van der Waals surface area contributed by atoms with Gasteiger partial charge in [0, 0.05) is 19.7 Å². The SMILES string of the molecule is CC(C)COc1ccc(S(=O)(=O)N2CCC(CO)C2)cc1. The molecule has 1 aliphatic rings. The van der Waals surface area contributed by atoms with Crippen LogP contribution in [0.4, 0.5) is 0 Å². The van der Waals surface area contributed by atoms with Crippen molar-refractivity contribution < 1.29 is 18.3 Å². The Morgan fingerprint density at radius 2 is 2.00 bits per heavy atom. The summed E-state index contributed by atoms with van der Waals surface area (Å²) < 4.78 is 31.9. The minimum atomic E-state index is -3.46. The van der Waals surface area contributed by atoms with Crippen molar-refractivity contribution in [3.63, 3.8) is 0 Å². The zero-order chi connectivity index (χ0) is 15.5. The van der Waals surface area contributed by atoms with Crippen molar-refractivity contribution in [2.45, 2.75) is 25.2 Å². The van der Waals surface area contributed by atoms with E-state index < -0.39 is 10.0 Å². The molecule has 0 radical (unpaired) electrons. The number of benzene rings is 1. The van der Waals surface area contributed by atoms with Gasteiger partial charge in [0.2, 0.25) is 10.0 Å². The van der Waals surface area contributed by atoms with E-state index in [-0.39, 0.29) is 17.4 Å². The van der Waals surface area contributed by atoms with Gasteiger partial charge in [0.05, 0.1) is 11.5 Å². The lowest BCUT2D eigenvalue weighted by Crippen LogP contribution is -2.29. The highest BCUT2D eigenvalue weighted by molar-refractivity contribution is 7.89. The molecule has 2 rings (SSSR count). The van der Waals surface area contributed by atoms with Crippen LogP contribution in [0.15, 0.2) is 29.2 Å². The van der Waals surface area contributed by atoms with E-state index in [2.05, 4.69) is 13.8 Å². The lowest BCUT2D eigenvalue weighted by molar-refractivity contribution is 0.233.